The van der Waals surface area contributed by atoms with Gasteiger partial charge in [-0.1, -0.05) is 11.6 Å². The Morgan fingerprint density at radius 3 is 2.95 bits per heavy atom. The highest BCUT2D eigenvalue weighted by Crippen LogP contribution is 2.25. The fourth-order valence-electron chi connectivity index (χ4n) is 2.38. The molecule has 1 saturated heterocycles. The summed E-state index contributed by atoms with van der Waals surface area (Å²) in [5.74, 6) is 0. The third kappa shape index (κ3) is 3.43. The molecule has 1 heterocycles. The summed E-state index contributed by atoms with van der Waals surface area (Å²) < 4.78 is 0. The fraction of sp³-hybridized carbons (Fsp3) is 0.538. The van der Waals surface area contributed by atoms with Crippen LogP contribution in [0, 0.1) is 10.1 Å². The average molecular weight is 284 g/mol. The molecule has 2 rings (SSSR count). The van der Waals surface area contributed by atoms with E-state index in [1.807, 2.05) is 0 Å². The Labute approximate surface area is 117 Å². The molecular formula is C13H18ClN3O2. The molecule has 0 aliphatic carbocycles. The van der Waals surface area contributed by atoms with Gasteiger partial charge in [0.1, 0.15) is 0 Å². The van der Waals surface area contributed by atoms with Crippen LogP contribution in [-0.2, 0) is 6.54 Å². The van der Waals surface area contributed by atoms with Crippen LogP contribution in [0.2, 0.25) is 5.02 Å². The highest BCUT2D eigenvalue weighted by molar-refractivity contribution is 6.30. The minimum Gasteiger partial charge on any atom is -0.311 e. The molecular weight excluding hydrogens is 266 g/mol. The van der Waals surface area contributed by atoms with Crippen LogP contribution in [0.3, 0.4) is 0 Å². The van der Waals surface area contributed by atoms with Crippen molar-refractivity contribution in [1.82, 2.24) is 10.2 Å². The van der Waals surface area contributed by atoms with Crippen molar-refractivity contribution < 1.29 is 4.92 Å². The molecule has 1 N–H and O–H groups in total. The largest absolute Gasteiger partial charge is 0.311 e. The quantitative estimate of drug-likeness (QED) is 0.684. The maximum absolute atomic E-state index is 11.1. The molecule has 1 aliphatic heterocycles. The lowest BCUT2D eigenvalue weighted by molar-refractivity contribution is -0.385. The summed E-state index contributed by atoms with van der Waals surface area (Å²) in [7, 11) is 0. The second-order valence-electron chi connectivity index (χ2n) is 5.12. The number of nitrogens with zero attached hydrogens (tertiary/aromatic N) is 2. The van der Waals surface area contributed by atoms with Crippen LogP contribution in [0.15, 0.2) is 18.2 Å². The Hall–Kier alpha value is -1.17. The van der Waals surface area contributed by atoms with Gasteiger partial charge in [0.25, 0.3) is 5.69 Å². The first-order valence-corrected chi connectivity index (χ1v) is 6.75. The highest BCUT2D eigenvalue weighted by Gasteiger charge is 2.25. The topological polar surface area (TPSA) is 58.4 Å². The Kier molecular flexibility index (Phi) is 4.39. The van der Waals surface area contributed by atoms with Gasteiger partial charge in [-0.25, -0.2) is 0 Å². The van der Waals surface area contributed by atoms with E-state index < -0.39 is 0 Å². The van der Waals surface area contributed by atoms with E-state index >= 15 is 0 Å². The zero-order chi connectivity index (χ0) is 14.0. The summed E-state index contributed by atoms with van der Waals surface area (Å²) in [6, 6.07) is 5.65. The van der Waals surface area contributed by atoms with Crippen molar-refractivity contribution in [2.45, 2.75) is 32.5 Å². The first-order chi connectivity index (χ1) is 8.97. The molecule has 0 amide bonds. The third-order valence-corrected chi connectivity index (χ3v) is 3.75. The number of hydrogen-bond acceptors (Lipinski definition) is 4. The van der Waals surface area contributed by atoms with E-state index in [1.54, 1.807) is 12.1 Å². The lowest BCUT2D eigenvalue weighted by Crippen LogP contribution is -2.53. The predicted octanol–water partition coefficient (Wildman–Crippen LogP) is 2.43. The van der Waals surface area contributed by atoms with Gasteiger partial charge in [0.2, 0.25) is 0 Å². The van der Waals surface area contributed by atoms with Crippen LogP contribution >= 0.6 is 11.6 Å². The summed E-state index contributed by atoms with van der Waals surface area (Å²) in [4.78, 5) is 13.0. The first kappa shape index (κ1) is 14.2. The van der Waals surface area contributed by atoms with Crippen molar-refractivity contribution >= 4 is 17.3 Å². The SMILES string of the molecule is CC1CN(Cc2ccc(Cl)cc2[N+](=O)[O-])C(C)CN1. The molecule has 2 atom stereocenters. The zero-order valence-corrected chi connectivity index (χ0v) is 11.9. The average Bonchev–Trinajstić information content (AvgIpc) is 2.35. The number of piperazine rings is 1. The second-order valence-corrected chi connectivity index (χ2v) is 5.55. The predicted molar refractivity (Wildman–Crippen MR) is 75.4 cm³/mol. The number of nitro benzene ring substituents is 1. The van der Waals surface area contributed by atoms with Crippen molar-refractivity contribution in [2.24, 2.45) is 0 Å². The normalized spacial score (nSPS) is 24.4. The number of halogens is 1. The number of benzene rings is 1. The number of nitrogens with one attached hydrogen (secondary N) is 1. The zero-order valence-electron chi connectivity index (χ0n) is 11.1. The molecule has 1 aliphatic rings. The fourth-order valence-corrected chi connectivity index (χ4v) is 2.54. The highest BCUT2D eigenvalue weighted by atomic mass is 35.5. The lowest BCUT2D eigenvalue weighted by Gasteiger charge is -2.37. The Bertz CT molecular complexity index is 481. The van der Waals surface area contributed by atoms with E-state index in [1.165, 1.54) is 6.07 Å². The third-order valence-electron chi connectivity index (χ3n) is 3.51. The summed E-state index contributed by atoms with van der Waals surface area (Å²) in [6.45, 7) is 6.62. The van der Waals surface area contributed by atoms with Crippen LogP contribution in [0.5, 0.6) is 0 Å². The van der Waals surface area contributed by atoms with Crippen LogP contribution in [0.4, 0.5) is 5.69 Å². The van der Waals surface area contributed by atoms with Crippen molar-refractivity contribution in [3.63, 3.8) is 0 Å². The van der Waals surface area contributed by atoms with Crippen LogP contribution in [0.1, 0.15) is 19.4 Å². The minimum atomic E-state index is -0.364. The van der Waals surface area contributed by atoms with E-state index in [0.29, 0.717) is 23.7 Å². The van der Waals surface area contributed by atoms with Gasteiger partial charge in [-0.05, 0) is 26.0 Å². The van der Waals surface area contributed by atoms with E-state index in [4.69, 9.17) is 11.6 Å². The van der Waals surface area contributed by atoms with Gasteiger partial charge < -0.3 is 5.32 Å². The van der Waals surface area contributed by atoms with Crippen LogP contribution in [-0.4, -0.2) is 35.0 Å². The van der Waals surface area contributed by atoms with Gasteiger partial charge in [-0.15, -0.1) is 0 Å². The molecule has 6 heteroatoms. The van der Waals surface area contributed by atoms with Crippen molar-refractivity contribution in [2.75, 3.05) is 13.1 Å². The molecule has 0 spiro atoms. The molecule has 104 valence electrons. The van der Waals surface area contributed by atoms with Crippen molar-refractivity contribution in [3.05, 3.63) is 38.9 Å². The van der Waals surface area contributed by atoms with Gasteiger partial charge in [0, 0.05) is 48.4 Å². The summed E-state index contributed by atoms with van der Waals surface area (Å²) in [5.41, 5.74) is 0.821. The monoisotopic (exact) mass is 283 g/mol. The van der Waals surface area contributed by atoms with Gasteiger partial charge >= 0.3 is 0 Å². The standard InChI is InChI=1S/C13H18ClN3O2/c1-9-7-16(10(2)6-15-9)8-11-3-4-12(14)5-13(11)17(18)19/h3-5,9-10,15H,6-8H2,1-2H3. The first-order valence-electron chi connectivity index (χ1n) is 6.37. The molecule has 0 radical (unpaired) electrons. The van der Waals surface area contributed by atoms with Gasteiger partial charge in [-0.3, -0.25) is 15.0 Å². The molecule has 19 heavy (non-hydrogen) atoms. The van der Waals surface area contributed by atoms with E-state index in [-0.39, 0.29) is 10.6 Å². The van der Waals surface area contributed by atoms with Gasteiger partial charge in [0.05, 0.1) is 4.92 Å². The van der Waals surface area contributed by atoms with E-state index in [0.717, 1.165) is 18.7 Å². The number of nitro groups is 1. The van der Waals surface area contributed by atoms with Gasteiger partial charge in [-0.2, -0.15) is 0 Å². The number of rotatable bonds is 3. The minimum absolute atomic E-state index is 0.103. The molecule has 2 unspecified atom stereocenters. The summed E-state index contributed by atoms with van der Waals surface area (Å²) in [6.07, 6.45) is 0. The maximum atomic E-state index is 11.1. The molecule has 5 nitrogen and oxygen atoms in total. The molecule has 1 aromatic carbocycles. The molecule has 0 saturated carbocycles. The Balaban J connectivity index is 2.20. The van der Waals surface area contributed by atoms with Crippen LogP contribution in [0.25, 0.3) is 0 Å². The number of hydrogen-bond donors (Lipinski definition) is 1. The molecule has 1 fully saturated rings. The summed E-state index contributed by atoms with van der Waals surface area (Å²) >= 11 is 5.83. The van der Waals surface area contributed by atoms with Crippen molar-refractivity contribution in [3.8, 4) is 0 Å². The molecule has 0 bridgehead atoms. The maximum Gasteiger partial charge on any atom is 0.275 e. The van der Waals surface area contributed by atoms with E-state index in [2.05, 4.69) is 24.1 Å². The smallest absolute Gasteiger partial charge is 0.275 e. The second kappa shape index (κ2) is 5.86. The van der Waals surface area contributed by atoms with Crippen molar-refractivity contribution in [1.29, 1.82) is 0 Å². The lowest BCUT2D eigenvalue weighted by atomic mass is 10.1. The van der Waals surface area contributed by atoms with Crippen LogP contribution < -0.4 is 5.32 Å². The van der Waals surface area contributed by atoms with Gasteiger partial charge in [0.15, 0.2) is 0 Å². The Morgan fingerprint density at radius 1 is 1.53 bits per heavy atom. The summed E-state index contributed by atoms with van der Waals surface area (Å²) in [5, 5.41) is 14.9. The van der Waals surface area contributed by atoms with E-state index in [9.17, 15) is 10.1 Å². The Morgan fingerprint density at radius 2 is 2.26 bits per heavy atom. The molecule has 0 aromatic heterocycles. The molecule has 1 aromatic rings.